The number of fused-ring (bicyclic) bond motifs is 7. The Morgan fingerprint density at radius 3 is 1.95 bits per heavy atom. The first-order valence-corrected chi connectivity index (χ1v) is 21.4. The SMILES string of the molecule is [2H]C([2H])([2H])N1[CH-]N(c2[c-]c(Oc3[c-]c4c(cc3)c3cc(-c5ccc6c(c5)c5ccccc5n6-c5ccccc5)ccc3n4-c3cc(C(C)(C)C)ccn3)cc(C(C)(C)C)c2)c2ccccc21.[Pt]. The number of para-hydroxylation sites is 4. The molecular weight excluding hydrogens is 966 g/mol. The van der Waals surface area contributed by atoms with Gasteiger partial charge in [-0.1, -0.05) is 114 Å². The molecule has 7 aromatic carbocycles. The molecule has 1 aliphatic rings. The van der Waals surface area contributed by atoms with Crippen LogP contribution in [0, 0.1) is 18.8 Å². The van der Waals surface area contributed by atoms with Gasteiger partial charge in [0.05, 0.1) is 11.0 Å². The van der Waals surface area contributed by atoms with E-state index in [9.17, 15) is 0 Å². The molecule has 320 valence electrons. The summed E-state index contributed by atoms with van der Waals surface area (Å²) in [7, 11) is 0. The molecule has 0 spiro atoms. The molecule has 6 nitrogen and oxygen atoms in total. The first-order valence-electron chi connectivity index (χ1n) is 22.9. The Hall–Kier alpha value is -6.62. The van der Waals surface area contributed by atoms with Crippen LogP contribution in [0.2, 0.25) is 0 Å². The Kier molecular flexibility index (Phi) is 9.22. The van der Waals surface area contributed by atoms with Crippen LogP contribution >= 0.6 is 0 Å². The van der Waals surface area contributed by atoms with E-state index in [2.05, 4.69) is 178 Å². The fourth-order valence-corrected chi connectivity index (χ4v) is 8.98. The van der Waals surface area contributed by atoms with Crippen molar-refractivity contribution in [1.82, 2.24) is 14.1 Å². The minimum absolute atomic E-state index is 0. The molecule has 4 heterocycles. The van der Waals surface area contributed by atoms with Gasteiger partial charge in [0.15, 0.2) is 0 Å². The fourth-order valence-electron chi connectivity index (χ4n) is 8.98. The van der Waals surface area contributed by atoms with E-state index < -0.39 is 6.98 Å². The van der Waals surface area contributed by atoms with Crippen LogP contribution in [0.4, 0.5) is 17.1 Å². The van der Waals surface area contributed by atoms with Crippen molar-refractivity contribution in [3.05, 3.63) is 188 Å². The molecule has 0 radical (unpaired) electrons. The fraction of sp³-hybridized carbons (Fsp3) is 0.158. The maximum Gasteiger partial charge on any atom is 0.135 e. The number of ether oxygens (including phenoxy) is 1. The summed E-state index contributed by atoms with van der Waals surface area (Å²) in [4.78, 5) is 8.16. The largest absolute Gasteiger partial charge is 0.509 e. The molecule has 0 fully saturated rings. The zero-order valence-corrected chi connectivity index (χ0v) is 38.8. The molecule has 0 N–H and O–H groups in total. The second-order valence-corrected chi connectivity index (χ2v) is 18.5. The van der Waals surface area contributed by atoms with E-state index in [1.165, 1.54) is 26.8 Å². The first kappa shape index (κ1) is 37.9. The average molecular weight is 1020 g/mol. The molecule has 0 saturated carbocycles. The molecule has 64 heavy (non-hydrogen) atoms. The summed E-state index contributed by atoms with van der Waals surface area (Å²) < 4.78 is 36.1. The molecule has 3 aromatic heterocycles. The number of nitrogens with zero attached hydrogens (tertiary/aromatic N) is 5. The molecule has 0 bridgehead atoms. The molecule has 11 rings (SSSR count). The zero-order valence-electron chi connectivity index (χ0n) is 39.5. The Morgan fingerprint density at radius 2 is 1.22 bits per heavy atom. The van der Waals surface area contributed by atoms with Crippen molar-refractivity contribution < 1.29 is 29.9 Å². The molecular formula is C57H48N5OPt-3. The molecule has 7 heteroatoms. The van der Waals surface area contributed by atoms with E-state index in [1.54, 1.807) is 6.67 Å². The van der Waals surface area contributed by atoms with Gasteiger partial charge >= 0.3 is 0 Å². The number of aromatic nitrogens is 3. The number of rotatable bonds is 6. The average Bonchev–Trinajstić information content (AvgIpc) is 3.96. The second-order valence-electron chi connectivity index (χ2n) is 18.5. The van der Waals surface area contributed by atoms with Crippen LogP contribution in [0.25, 0.3) is 66.2 Å². The summed E-state index contributed by atoms with van der Waals surface area (Å²) in [6.45, 7) is 12.4. The number of hydrogen-bond donors (Lipinski definition) is 0. The van der Waals surface area contributed by atoms with Crippen LogP contribution in [0.5, 0.6) is 11.5 Å². The van der Waals surface area contributed by atoms with Gasteiger partial charge in [-0.25, -0.2) is 4.98 Å². The summed E-state index contributed by atoms with van der Waals surface area (Å²) in [5.74, 6) is 1.81. The number of benzene rings is 7. The molecule has 0 unspecified atom stereocenters. The van der Waals surface area contributed by atoms with Crippen LogP contribution in [0.1, 0.15) is 56.8 Å². The Labute approximate surface area is 393 Å². The zero-order chi connectivity index (χ0) is 45.7. The maximum absolute atomic E-state index is 8.27. The van der Waals surface area contributed by atoms with Crippen molar-refractivity contribution in [2.45, 2.75) is 52.4 Å². The molecule has 0 amide bonds. The number of anilines is 3. The Morgan fingerprint density at radius 1 is 0.562 bits per heavy atom. The molecule has 0 atom stereocenters. The topological polar surface area (TPSA) is 38.5 Å². The molecule has 1 aliphatic heterocycles. The van der Waals surface area contributed by atoms with Crippen LogP contribution in [-0.4, -0.2) is 21.1 Å². The Bertz CT molecular complexity index is 3530. The van der Waals surface area contributed by atoms with Crippen LogP contribution in [0.15, 0.2) is 158 Å². The van der Waals surface area contributed by atoms with Crippen molar-refractivity contribution in [1.29, 1.82) is 0 Å². The van der Waals surface area contributed by atoms with E-state index in [-0.39, 0.29) is 31.9 Å². The summed E-state index contributed by atoms with van der Waals surface area (Å²) in [5, 5.41) is 4.50. The predicted octanol–water partition coefficient (Wildman–Crippen LogP) is 14.6. The van der Waals surface area contributed by atoms with Crippen LogP contribution < -0.4 is 14.5 Å². The van der Waals surface area contributed by atoms with Gasteiger partial charge in [0.25, 0.3) is 0 Å². The van der Waals surface area contributed by atoms with Crippen molar-refractivity contribution in [3.63, 3.8) is 0 Å². The number of hydrogen-bond acceptors (Lipinski definition) is 4. The van der Waals surface area contributed by atoms with E-state index in [0.29, 0.717) is 22.9 Å². The third kappa shape index (κ3) is 7.05. The summed E-state index contributed by atoms with van der Waals surface area (Å²) >= 11 is 0. The van der Waals surface area contributed by atoms with E-state index in [4.69, 9.17) is 13.8 Å². The quantitative estimate of drug-likeness (QED) is 0.156. The van der Waals surface area contributed by atoms with Gasteiger partial charge in [0.1, 0.15) is 5.82 Å². The molecule has 0 saturated heterocycles. The van der Waals surface area contributed by atoms with Crippen LogP contribution in [-0.2, 0) is 31.9 Å². The van der Waals surface area contributed by atoms with Gasteiger partial charge in [0, 0.05) is 76.2 Å². The second kappa shape index (κ2) is 15.6. The first-order chi connectivity index (χ1) is 31.6. The van der Waals surface area contributed by atoms with Gasteiger partial charge < -0.3 is 23.7 Å². The third-order valence-electron chi connectivity index (χ3n) is 12.3. The molecule has 0 aliphatic carbocycles. The van der Waals surface area contributed by atoms with Crippen molar-refractivity contribution >= 4 is 60.7 Å². The summed E-state index contributed by atoms with van der Waals surface area (Å²) in [6.07, 6.45) is 1.89. The molecule has 10 aromatic rings. The minimum Gasteiger partial charge on any atom is -0.509 e. The Balaban J connectivity index is 0.00000525. The maximum atomic E-state index is 8.27. The summed E-state index contributed by atoms with van der Waals surface area (Å²) in [6, 6.07) is 59.7. The van der Waals surface area contributed by atoms with Gasteiger partial charge in [-0.15, -0.1) is 47.0 Å². The minimum atomic E-state index is -2.37. The van der Waals surface area contributed by atoms with Gasteiger partial charge in [0.2, 0.25) is 0 Å². The van der Waals surface area contributed by atoms with Crippen molar-refractivity contribution in [2.75, 3.05) is 16.8 Å². The van der Waals surface area contributed by atoms with Crippen molar-refractivity contribution in [3.8, 4) is 34.1 Å². The van der Waals surface area contributed by atoms with Crippen LogP contribution in [0.3, 0.4) is 0 Å². The monoisotopic (exact) mass is 1020 g/mol. The van der Waals surface area contributed by atoms with Gasteiger partial charge in [-0.2, -0.15) is 12.7 Å². The van der Waals surface area contributed by atoms with E-state index in [0.717, 1.165) is 61.2 Å². The summed E-state index contributed by atoms with van der Waals surface area (Å²) in [5.41, 5.74) is 11.4. The van der Waals surface area contributed by atoms with Crippen molar-refractivity contribution in [2.24, 2.45) is 0 Å². The predicted molar refractivity (Wildman–Crippen MR) is 261 cm³/mol. The normalized spacial score (nSPS) is 13.9. The third-order valence-corrected chi connectivity index (χ3v) is 12.3. The number of pyridine rings is 1. The smallest absolute Gasteiger partial charge is 0.135 e. The van der Waals surface area contributed by atoms with Gasteiger partial charge in [-0.05, 0) is 101 Å². The van der Waals surface area contributed by atoms with E-state index >= 15 is 0 Å². The van der Waals surface area contributed by atoms with Gasteiger partial charge in [-0.3, -0.25) is 0 Å². The van der Waals surface area contributed by atoms with E-state index in [1.807, 2.05) is 47.5 Å². The standard InChI is InChI=1S/C57H48N5O.Pt/c1-56(2,3)39-27-28-58-55(33-39)62-51-26-22-38(37-21-25-50-47(29-37)45-17-11-12-18-49(45)61(50)41-15-9-8-10-16-41)30-48(51)46-24-23-43(35-54(46)62)63-44-32-40(57(4,5)6)31-42(34-44)60-36-59(7)52-19-13-14-20-53(52)60;/h8-33,36H,1-7H3;/q-3;/i7D3;.